The minimum Gasteiger partial charge on any atom is -0.480 e. The van der Waals surface area contributed by atoms with E-state index in [1.54, 1.807) is 6.07 Å². The fraction of sp³-hybridized carbons (Fsp3) is 0.250. The van der Waals surface area contributed by atoms with Gasteiger partial charge >= 0.3 is 12.0 Å². The predicted molar refractivity (Wildman–Crippen MR) is 67.0 cm³/mol. The van der Waals surface area contributed by atoms with Crippen LogP contribution in [0, 0.1) is 5.82 Å². The molecule has 3 amide bonds. The lowest BCUT2D eigenvalue weighted by Gasteiger charge is -2.13. The molecule has 0 radical (unpaired) electrons. The van der Waals surface area contributed by atoms with Crippen molar-refractivity contribution in [3.8, 4) is 0 Å². The number of nitrogens with two attached hydrogens (primary N) is 1. The average molecular weight is 283 g/mol. The molecule has 0 saturated carbocycles. The Morgan fingerprint density at radius 3 is 2.60 bits per heavy atom. The van der Waals surface area contributed by atoms with Crippen molar-refractivity contribution >= 4 is 17.9 Å². The van der Waals surface area contributed by atoms with Gasteiger partial charge in [-0.2, -0.15) is 0 Å². The number of carboxylic acid groups (broad SMARTS) is 1. The maximum absolute atomic E-state index is 12.9. The molecule has 0 unspecified atom stereocenters. The molecule has 1 rings (SSSR count). The molecule has 0 saturated heterocycles. The van der Waals surface area contributed by atoms with E-state index in [-0.39, 0.29) is 6.54 Å². The van der Waals surface area contributed by atoms with Crippen LogP contribution in [0.5, 0.6) is 0 Å². The number of hydrogen-bond donors (Lipinski definition) is 4. The fourth-order valence-electron chi connectivity index (χ4n) is 1.44. The molecule has 0 fully saturated rings. The molecule has 1 aromatic rings. The number of aliphatic carboxylic acids is 1. The lowest BCUT2D eigenvalue weighted by molar-refractivity contribution is -0.140. The molecule has 0 bridgehead atoms. The van der Waals surface area contributed by atoms with Crippen molar-refractivity contribution in [2.75, 3.05) is 0 Å². The maximum Gasteiger partial charge on any atom is 0.326 e. The van der Waals surface area contributed by atoms with Crippen molar-refractivity contribution in [1.82, 2.24) is 10.6 Å². The fourth-order valence-corrected chi connectivity index (χ4v) is 1.44. The van der Waals surface area contributed by atoms with Gasteiger partial charge in [0.1, 0.15) is 11.9 Å². The summed E-state index contributed by atoms with van der Waals surface area (Å²) in [5, 5.41) is 13.2. The van der Waals surface area contributed by atoms with Crippen LogP contribution in [0.1, 0.15) is 12.0 Å². The zero-order valence-corrected chi connectivity index (χ0v) is 10.4. The Bertz CT molecular complexity index is 521. The van der Waals surface area contributed by atoms with Gasteiger partial charge in [-0.25, -0.2) is 14.0 Å². The predicted octanol–water partition coefficient (Wildman–Crippen LogP) is -0.0465. The molecule has 0 aliphatic heterocycles. The summed E-state index contributed by atoms with van der Waals surface area (Å²) >= 11 is 0. The SMILES string of the molecule is NC(=O)C[C@@H](NC(=O)NCc1cccc(F)c1)C(=O)O. The van der Waals surface area contributed by atoms with Crippen LogP contribution >= 0.6 is 0 Å². The van der Waals surface area contributed by atoms with Gasteiger partial charge in [-0.15, -0.1) is 0 Å². The second-order valence-corrected chi connectivity index (χ2v) is 4.02. The Kier molecular flexibility index (Phi) is 5.45. The number of nitrogens with one attached hydrogen (secondary N) is 2. The lowest BCUT2D eigenvalue weighted by atomic mass is 10.2. The average Bonchev–Trinajstić information content (AvgIpc) is 2.35. The molecule has 0 aromatic heterocycles. The highest BCUT2D eigenvalue weighted by atomic mass is 19.1. The van der Waals surface area contributed by atoms with E-state index in [9.17, 15) is 18.8 Å². The minimum absolute atomic E-state index is 0.0203. The second kappa shape index (κ2) is 7.07. The van der Waals surface area contributed by atoms with Crippen LogP contribution in [0.2, 0.25) is 0 Å². The van der Waals surface area contributed by atoms with Crippen molar-refractivity contribution in [1.29, 1.82) is 0 Å². The van der Waals surface area contributed by atoms with Crippen LogP contribution in [-0.4, -0.2) is 29.1 Å². The summed E-state index contributed by atoms with van der Waals surface area (Å²) in [6, 6.07) is 3.39. The number of rotatable bonds is 6. The molecule has 0 spiro atoms. The molecule has 5 N–H and O–H groups in total. The van der Waals surface area contributed by atoms with E-state index in [2.05, 4.69) is 10.6 Å². The molecular weight excluding hydrogens is 269 g/mol. The molecule has 1 atom stereocenters. The van der Waals surface area contributed by atoms with Gasteiger partial charge in [0.05, 0.1) is 6.42 Å². The van der Waals surface area contributed by atoms with Gasteiger partial charge in [0.25, 0.3) is 0 Å². The Morgan fingerprint density at radius 1 is 1.35 bits per heavy atom. The van der Waals surface area contributed by atoms with E-state index >= 15 is 0 Å². The number of primary amides is 1. The van der Waals surface area contributed by atoms with Gasteiger partial charge in [-0.05, 0) is 17.7 Å². The monoisotopic (exact) mass is 283 g/mol. The van der Waals surface area contributed by atoms with Crippen molar-refractivity contribution in [3.05, 3.63) is 35.6 Å². The van der Waals surface area contributed by atoms with Crippen molar-refractivity contribution < 1.29 is 23.9 Å². The first kappa shape index (κ1) is 15.4. The Morgan fingerprint density at radius 2 is 2.05 bits per heavy atom. The van der Waals surface area contributed by atoms with Gasteiger partial charge in [0, 0.05) is 6.54 Å². The van der Waals surface area contributed by atoms with Gasteiger partial charge in [-0.3, -0.25) is 4.79 Å². The smallest absolute Gasteiger partial charge is 0.326 e. The molecule has 0 aliphatic carbocycles. The number of carbonyl (C=O) groups excluding carboxylic acids is 2. The first-order valence-corrected chi connectivity index (χ1v) is 5.68. The molecule has 20 heavy (non-hydrogen) atoms. The third-order valence-electron chi connectivity index (χ3n) is 2.35. The zero-order chi connectivity index (χ0) is 15.1. The second-order valence-electron chi connectivity index (χ2n) is 4.02. The van der Waals surface area contributed by atoms with Crippen LogP contribution in [0.15, 0.2) is 24.3 Å². The summed E-state index contributed by atoms with van der Waals surface area (Å²) in [5.41, 5.74) is 5.39. The Hall–Kier alpha value is -2.64. The summed E-state index contributed by atoms with van der Waals surface area (Å²) in [6.07, 6.45) is -0.511. The van der Waals surface area contributed by atoms with Crippen LogP contribution in [0.3, 0.4) is 0 Å². The van der Waals surface area contributed by atoms with Crippen LogP contribution < -0.4 is 16.4 Å². The topological polar surface area (TPSA) is 122 Å². The minimum atomic E-state index is -1.40. The highest BCUT2D eigenvalue weighted by Crippen LogP contribution is 2.02. The van der Waals surface area contributed by atoms with E-state index in [4.69, 9.17) is 10.8 Å². The first-order valence-electron chi connectivity index (χ1n) is 5.68. The number of urea groups is 1. The number of amides is 3. The van der Waals surface area contributed by atoms with Crippen LogP contribution in [0.4, 0.5) is 9.18 Å². The van der Waals surface area contributed by atoms with Crippen LogP contribution in [-0.2, 0) is 16.1 Å². The molecular formula is C12H14FN3O4. The first-order chi connectivity index (χ1) is 9.38. The van der Waals surface area contributed by atoms with E-state index in [0.29, 0.717) is 5.56 Å². The highest BCUT2D eigenvalue weighted by Gasteiger charge is 2.21. The highest BCUT2D eigenvalue weighted by molar-refractivity contribution is 5.87. The van der Waals surface area contributed by atoms with Crippen LogP contribution in [0.25, 0.3) is 0 Å². The van der Waals surface area contributed by atoms with Crippen molar-refractivity contribution in [2.24, 2.45) is 5.73 Å². The third kappa shape index (κ3) is 5.34. The number of halogens is 1. The largest absolute Gasteiger partial charge is 0.480 e. The summed E-state index contributed by atoms with van der Waals surface area (Å²) in [7, 11) is 0. The van der Waals surface area contributed by atoms with E-state index < -0.39 is 36.2 Å². The lowest BCUT2D eigenvalue weighted by Crippen LogP contribution is -2.47. The van der Waals surface area contributed by atoms with Gasteiger partial charge in [0.2, 0.25) is 5.91 Å². The number of carboxylic acids is 1. The molecule has 0 aliphatic rings. The van der Waals surface area contributed by atoms with E-state index in [1.165, 1.54) is 18.2 Å². The summed E-state index contributed by atoms with van der Waals surface area (Å²) in [5.74, 6) is -2.66. The maximum atomic E-state index is 12.9. The molecule has 1 aromatic carbocycles. The molecule has 7 nitrogen and oxygen atoms in total. The Labute approximate surface area is 114 Å². The standard InChI is InChI=1S/C12H14FN3O4/c13-8-3-1-2-7(4-8)6-15-12(20)16-9(11(18)19)5-10(14)17/h1-4,9H,5-6H2,(H2,14,17)(H,18,19)(H2,15,16,20)/t9-/m1/s1. The third-order valence-corrected chi connectivity index (χ3v) is 2.35. The van der Waals surface area contributed by atoms with Gasteiger partial charge < -0.3 is 21.5 Å². The van der Waals surface area contributed by atoms with Crippen molar-refractivity contribution in [2.45, 2.75) is 19.0 Å². The van der Waals surface area contributed by atoms with E-state index in [1.807, 2.05) is 0 Å². The van der Waals surface area contributed by atoms with Crippen molar-refractivity contribution in [3.63, 3.8) is 0 Å². The number of benzene rings is 1. The Balaban J connectivity index is 2.49. The zero-order valence-electron chi connectivity index (χ0n) is 10.4. The quantitative estimate of drug-likeness (QED) is 0.585. The van der Waals surface area contributed by atoms with E-state index in [0.717, 1.165) is 0 Å². The molecule has 0 heterocycles. The number of carbonyl (C=O) groups is 3. The summed E-state index contributed by atoms with van der Waals surface area (Å²) < 4.78 is 12.9. The normalized spacial score (nSPS) is 11.4. The summed E-state index contributed by atoms with van der Waals surface area (Å²) in [6.45, 7) is 0.0203. The number of hydrogen-bond acceptors (Lipinski definition) is 3. The van der Waals surface area contributed by atoms with Gasteiger partial charge in [0.15, 0.2) is 0 Å². The summed E-state index contributed by atoms with van der Waals surface area (Å²) in [4.78, 5) is 32.9. The van der Waals surface area contributed by atoms with Gasteiger partial charge in [-0.1, -0.05) is 12.1 Å². The molecule has 8 heteroatoms. The molecule has 108 valence electrons.